The summed E-state index contributed by atoms with van der Waals surface area (Å²) in [6.45, 7) is 5.10. The van der Waals surface area contributed by atoms with Crippen LogP contribution in [-0.2, 0) is 6.42 Å². The molecule has 3 aliphatic rings. The number of aromatic nitrogens is 2. The highest BCUT2D eigenvalue weighted by Crippen LogP contribution is 2.50. The SMILES string of the molecule is CCc1c(F)ccc2cc(O)cc(-c3c(Cl)c4c5c(nc(OC[C@@]67CCCN6C[C@H](F)C7)nc5c3F)N(C)C(C)C(CC#N)CO4)c12. The van der Waals surface area contributed by atoms with Gasteiger partial charge in [-0.1, -0.05) is 24.6 Å². The summed E-state index contributed by atoms with van der Waals surface area (Å²) < 4.78 is 59.4. The predicted molar refractivity (Wildman–Crippen MR) is 174 cm³/mol. The molecule has 0 radical (unpaired) electrons. The number of phenolic OH excluding ortho intramolecular Hbond substituents is 1. The van der Waals surface area contributed by atoms with Gasteiger partial charge in [0.05, 0.1) is 28.6 Å². The topological polar surface area (TPSA) is 94.7 Å². The van der Waals surface area contributed by atoms with E-state index in [1.807, 2.05) is 11.8 Å². The van der Waals surface area contributed by atoms with Gasteiger partial charge in [-0.2, -0.15) is 15.2 Å². The smallest absolute Gasteiger partial charge is 0.319 e. The Labute approximate surface area is 275 Å². The van der Waals surface area contributed by atoms with E-state index in [1.165, 1.54) is 24.3 Å². The van der Waals surface area contributed by atoms with Gasteiger partial charge >= 0.3 is 6.01 Å². The Hall–Kier alpha value is -4.01. The van der Waals surface area contributed by atoms with Gasteiger partial charge < -0.3 is 19.5 Å². The van der Waals surface area contributed by atoms with E-state index in [0.29, 0.717) is 41.5 Å². The number of ether oxygens (including phenoxy) is 2. The molecule has 2 unspecified atom stereocenters. The van der Waals surface area contributed by atoms with E-state index in [1.54, 1.807) is 14.0 Å². The Bertz CT molecular complexity index is 1950. The second kappa shape index (κ2) is 11.9. The zero-order valence-electron chi connectivity index (χ0n) is 26.4. The highest BCUT2D eigenvalue weighted by molar-refractivity contribution is 6.37. The molecule has 8 nitrogen and oxygen atoms in total. The second-order valence-electron chi connectivity index (χ2n) is 13.0. The molecule has 2 saturated heterocycles. The fourth-order valence-electron chi connectivity index (χ4n) is 7.80. The average molecular weight is 666 g/mol. The number of phenols is 1. The molecule has 246 valence electrons. The number of nitrogens with zero attached hydrogens (tertiary/aromatic N) is 5. The maximum Gasteiger partial charge on any atom is 0.319 e. The lowest BCUT2D eigenvalue weighted by atomic mass is 9.91. The number of aryl methyl sites for hydroxylation is 1. The Morgan fingerprint density at radius 2 is 2.04 bits per heavy atom. The highest BCUT2D eigenvalue weighted by Gasteiger charge is 2.49. The van der Waals surface area contributed by atoms with Gasteiger partial charge in [0.1, 0.15) is 35.7 Å². The molecule has 7 rings (SSSR count). The van der Waals surface area contributed by atoms with Crippen LogP contribution in [0.2, 0.25) is 5.02 Å². The first-order valence-corrected chi connectivity index (χ1v) is 16.4. The molecule has 0 aliphatic carbocycles. The maximum atomic E-state index is 17.2. The van der Waals surface area contributed by atoms with Crippen LogP contribution in [0, 0.1) is 28.9 Å². The van der Waals surface area contributed by atoms with E-state index in [9.17, 15) is 14.8 Å². The van der Waals surface area contributed by atoms with Crippen molar-refractivity contribution in [3.63, 3.8) is 0 Å². The maximum absolute atomic E-state index is 17.2. The van der Waals surface area contributed by atoms with Gasteiger partial charge in [0.15, 0.2) is 11.6 Å². The normalized spacial score (nSPS) is 24.2. The molecule has 12 heteroatoms. The Kier molecular flexibility index (Phi) is 8.00. The first kappa shape index (κ1) is 31.6. The van der Waals surface area contributed by atoms with Crippen molar-refractivity contribution in [2.75, 3.05) is 38.3 Å². The quantitative estimate of drug-likeness (QED) is 0.229. The van der Waals surface area contributed by atoms with Crippen LogP contribution in [0.3, 0.4) is 0 Å². The number of fused-ring (bicyclic) bond motifs is 2. The summed E-state index contributed by atoms with van der Waals surface area (Å²) in [5.74, 6) is -1.27. The van der Waals surface area contributed by atoms with Crippen LogP contribution in [0.15, 0.2) is 24.3 Å². The van der Waals surface area contributed by atoms with Crippen LogP contribution in [0.25, 0.3) is 32.8 Å². The molecule has 0 bridgehead atoms. The van der Waals surface area contributed by atoms with Crippen molar-refractivity contribution >= 4 is 39.1 Å². The van der Waals surface area contributed by atoms with Crippen LogP contribution in [0.1, 0.15) is 45.1 Å². The van der Waals surface area contributed by atoms with Crippen LogP contribution < -0.4 is 14.4 Å². The van der Waals surface area contributed by atoms with Gasteiger partial charge in [-0.25, -0.2) is 13.2 Å². The monoisotopic (exact) mass is 665 g/mol. The summed E-state index contributed by atoms with van der Waals surface area (Å²) in [7, 11) is 1.80. The van der Waals surface area contributed by atoms with Gasteiger partial charge in [0.25, 0.3) is 0 Å². The van der Waals surface area contributed by atoms with Crippen LogP contribution in [-0.4, -0.2) is 71.1 Å². The summed E-state index contributed by atoms with van der Waals surface area (Å²) in [6, 6.07) is 7.59. The lowest BCUT2D eigenvalue weighted by molar-refractivity contribution is 0.107. The van der Waals surface area contributed by atoms with E-state index < -0.39 is 23.3 Å². The van der Waals surface area contributed by atoms with Crippen LogP contribution >= 0.6 is 11.6 Å². The van der Waals surface area contributed by atoms with E-state index in [-0.39, 0.29) is 76.2 Å². The molecular formula is C35H35ClF3N5O3. The first-order valence-electron chi connectivity index (χ1n) is 16.0. The van der Waals surface area contributed by atoms with E-state index in [2.05, 4.69) is 16.0 Å². The molecule has 47 heavy (non-hydrogen) atoms. The number of anilines is 1. The number of halogens is 4. The van der Waals surface area contributed by atoms with Crippen molar-refractivity contribution < 1.29 is 27.8 Å². The van der Waals surface area contributed by atoms with Crippen LogP contribution in [0.5, 0.6) is 17.5 Å². The van der Waals surface area contributed by atoms with Gasteiger partial charge in [-0.3, -0.25) is 4.90 Å². The third-order valence-electron chi connectivity index (χ3n) is 10.4. The molecule has 1 aromatic heterocycles. The fourth-order valence-corrected chi connectivity index (χ4v) is 8.14. The zero-order chi connectivity index (χ0) is 33.2. The van der Waals surface area contributed by atoms with Gasteiger partial charge in [0, 0.05) is 44.0 Å². The minimum absolute atomic E-state index is 0.0910. The average Bonchev–Trinajstić information content (AvgIpc) is 3.57. The van der Waals surface area contributed by atoms with Crippen LogP contribution in [0.4, 0.5) is 19.0 Å². The molecule has 1 N–H and O–H groups in total. The third-order valence-corrected chi connectivity index (χ3v) is 10.7. The third kappa shape index (κ3) is 5.08. The summed E-state index contributed by atoms with van der Waals surface area (Å²) >= 11 is 7.07. The van der Waals surface area contributed by atoms with Crippen molar-refractivity contribution in [1.29, 1.82) is 5.26 Å². The number of alkyl halides is 1. The molecule has 4 atom stereocenters. The molecule has 3 aromatic carbocycles. The van der Waals surface area contributed by atoms with Crippen molar-refractivity contribution in [2.24, 2.45) is 5.92 Å². The second-order valence-corrected chi connectivity index (χ2v) is 13.4. The number of rotatable bonds is 6. The first-order chi connectivity index (χ1) is 22.6. The molecule has 0 saturated carbocycles. The molecule has 4 aromatic rings. The fraction of sp³-hybridized carbons (Fsp3) is 0.457. The highest BCUT2D eigenvalue weighted by atomic mass is 35.5. The lowest BCUT2D eigenvalue weighted by Gasteiger charge is -2.35. The Morgan fingerprint density at radius 3 is 2.81 bits per heavy atom. The standard InChI is InChI=1S/C35H35ClF3N5O3/c1-4-23-25(38)7-6-19-12-22(45)13-24(26(19)23)27-29(36)32-28-31(30(27)39)41-34(47-17-35-9-5-11-44(35)15-21(37)14-35)42-33(28)43(3)18(2)20(8-10-40)16-46-32/h6-7,12-13,18,20-21,45H,4-5,8-9,11,14-17H2,1-3H3/t18?,20?,21-,35+/m1/s1. The van der Waals surface area contributed by atoms with Gasteiger partial charge in [-0.05, 0) is 72.8 Å². The molecule has 0 spiro atoms. The van der Waals surface area contributed by atoms with Crippen molar-refractivity contribution in [3.05, 3.63) is 46.5 Å². The summed E-state index contributed by atoms with van der Waals surface area (Å²) in [5, 5.41) is 21.4. The predicted octanol–water partition coefficient (Wildman–Crippen LogP) is 7.35. The zero-order valence-corrected chi connectivity index (χ0v) is 27.2. The molecule has 4 heterocycles. The molecule has 0 amide bonds. The number of benzene rings is 3. The summed E-state index contributed by atoms with van der Waals surface area (Å²) in [5.41, 5.74) is -0.204. The Balaban J connectivity index is 1.48. The number of aromatic hydroxyl groups is 1. The van der Waals surface area contributed by atoms with Gasteiger partial charge in [-0.15, -0.1) is 0 Å². The van der Waals surface area contributed by atoms with E-state index >= 15 is 8.78 Å². The lowest BCUT2D eigenvalue weighted by Crippen LogP contribution is -2.43. The summed E-state index contributed by atoms with van der Waals surface area (Å²) in [4.78, 5) is 13.3. The van der Waals surface area contributed by atoms with Gasteiger partial charge in [0.2, 0.25) is 0 Å². The largest absolute Gasteiger partial charge is 0.508 e. The van der Waals surface area contributed by atoms with Crippen molar-refractivity contribution in [1.82, 2.24) is 14.9 Å². The number of hydrogen-bond acceptors (Lipinski definition) is 8. The number of nitriles is 1. The minimum Gasteiger partial charge on any atom is -0.508 e. The van der Waals surface area contributed by atoms with Crippen molar-refractivity contribution in [3.8, 4) is 34.7 Å². The molecular weight excluding hydrogens is 631 g/mol. The van der Waals surface area contributed by atoms with E-state index in [4.69, 9.17) is 26.1 Å². The Morgan fingerprint density at radius 1 is 1.23 bits per heavy atom. The summed E-state index contributed by atoms with van der Waals surface area (Å²) in [6.07, 6.45) is 1.57. The van der Waals surface area contributed by atoms with E-state index in [0.717, 1.165) is 19.4 Å². The van der Waals surface area contributed by atoms with Crippen molar-refractivity contribution in [2.45, 2.75) is 63.7 Å². The molecule has 3 aliphatic heterocycles. The number of hydrogen-bond donors (Lipinski definition) is 1. The molecule has 2 fully saturated rings. The minimum atomic E-state index is -0.953.